The van der Waals surface area contributed by atoms with Crippen LogP contribution < -0.4 is 0 Å². The number of imidazole rings is 1. The van der Waals surface area contributed by atoms with E-state index in [1.165, 1.54) is 0 Å². The van der Waals surface area contributed by atoms with Crippen molar-refractivity contribution in [1.82, 2.24) is 9.97 Å². The van der Waals surface area contributed by atoms with Gasteiger partial charge in [0.2, 0.25) is 0 Å². The molecule has 0 amide bonds. The van der Waals surface area contributed by atoms with Gasteiger partial charge in [0.05, 0.1) is 11.0 Å². The molecule has 98 valence electrons. The molecular weight excluding hydrogens is 283 g/mol. The number of fused-ring (bicyclic) bond motifs is 1. The second-order valence-corrected chi connectivity index (χ2v) is 3.81. The summed E-state index contributed by atoms with van der Waals surface area (Å²) < 4.78 is 0. The minimum Gasteiger partial charge on any atom is -0.338 e. The Morgan fingerprint density at radius 2 is 1.68 bits per heavy atom. The van der Waals surface area contributed by atoms with Crippen molar-refractivity contribution in [1.29, 1.82) is 0 Å². The molecule has 2 aromatic carbocycles. The summed E-state index contributed by atoms with van der Waals surface area (Å²) >= 11 is 0. The van der Waals surface area contributed by atoms with Gasteiger partial charge in [0.25, 0.3) is 0 Å². The SMILES string of the molecule is Cl.Cl.O=Cc1cccc2[nH]c(-c3ccccc3)nc12. The standard InChI is InChI=1S/C14H10N2O.2ClH/c17-9-11-7-4-8-12-13(11)16-14(15-12)10-5-2-1-3-6-10;;/h1-9H,(H,15,16);2*1H. The van der Waals surface area contributed by atoms with Crippen molar-refractivity contribution < 1.29 is 4.79 Å². The normalized spacial score (nSPS) is 9.47. The van der Waals surface area contributed by atoms with Crippen molar-refractivity contribution in [2.45, 2.75) is 0 Å². The lowest BCUT2D eigenvalue weighted by Gasteiger charge is -1.93. The Labute approximate surface area is 122 Å². The van der Waals surface area contributed by atoms with Gasteiger partial charge in [-0.05, 0) is 12.1 Å². The fourth-order valence-corrected chi connectivity index (χ4v) is 1.88. The molecule has 0 aliphatic carbocycles. The summed E-state index contributed by atoms with van der Waals surface area (Å²) in [5.41, 5.74) is 3.23. The Hall–Kier alpha value is -1.84. The van der Waals surface area contributed by atoms with Crippen molar-refractivity contribution in [3.8, 4) is 11.4 Å². The first kappa shape index (κ1) is 15.2. The summed E-state index contributed by atoms with van der Waals surface area (Å²) in [5.74, 6) is 0.787. The maximum atomic E-state index is 10.9. The third kappa shape index (κ3) is 2.78. The molecule has 5 heteroatoms. The molecule has 3 aromatic rings. The topological polar surface area (TPSA) is 45.8 Å². The number of carbonyl (C=O) groups excluding carboxylic acids is 1. The maximum absolute atomic E-state index is 10.9. The number of H-pyrrole nitrogens is 1. The summed E-state index contributed by atoms with van der Waals surface area (Å²) in [6.45, 7) is 0. The quantitative estimate of drug-likeness (QED) is 0.729. The summed E-state index contributed by atoms with van der Waals surface area (Å²) in [4.78, 5) is 18.6. The van der Waals surface area contributed by atoms with E-state index in [0.29, 0.717) is 5.56 Å². The number of nitrogens with zero attached hydrogens (tertiary/aromatic N) is 1. The number of nitrogens with one attached hydrogen (secondary N) is 1. The van der Waals surface area contributed by atoms with Crippen LogP contribution in [0.25, 0.3) is 22.4 Å². The first-order chi connectivity index (χ1) is 8.38. The van der Waals surface area contributed by atoms with Crippen LogP contribution in [0.5, 0.6) is 0 Å². The van der Waals surface area contributed by atoms with Gasteiger partial charge in [-0.1, -0.05) is 36.4 Å². The number of aromatic amines is 1. The molecule has 0 fully saturated rings. The Kier molecular flexibility index (Phi) is 5.10. The first-order valence-electron chi connectivity index (χ1n) is 5.38. The molecule has 0 spiro atoms. The van der Waals surface area contributed by atoms with Gasteiger partial charge in [-0.2, -0.15) is 0 Å². The predicted octanol–water partition coefficient (Wildman–Crippen LogP) is 3.89. The number of aldehydes is 1. The molecule has 0 saturated heterocycles. The summed E-state index contributed by atoms with van der Waals surface area (Å²) in [5, 5.41) is 0. The highest BCUT2D eigenvalue weighted by atomic mass is 35.5. The molecule has 3 nitrogen and oxygen atoms in total. The van der Waals surface area contributed by atoms with Gasteiger partial charge < -0.3 is 4.98 Å². The lowest BCUT2D eigenvalue weighted by Crippen LogP contribution is -1.81. The highest BCUT2D eigenvalue weighted by molar-refractivity contribution is 5.95. The number of benzene rings is 2. The molecule has 0 saturated carbocycles. The van der Waals surface area contributed by atoms with Crippen molar-refractivity contribution >= 4 is 42.1 Å². The molecule has 0 aliphatic rings. The smallest absolute Gasteiger partial charge is 0.152 e. The van der Waals surface area contributed by atoms with Gasteiger partial charge in [0.1, 0.15) is 5.82 Å². The molecule has 0 unspecified atom stereocenters. The van der Waals surface area contributed by atoms with E-state index in [2.05, 4.69) is 9.97 Å². The van der Waals surface area contributed by atoms with Crippen molar-refractivity contribution in [3.05, 3.63) is 54.1 Å². The molecule has 1 aromatic heterocycles. The monoisotopic (exact) mass is 294 g/mol. The van der Waals surface area contributed by atoms with Crippen LogP contribution in [0.1, 0.15) is 10.4 Å². The predicted molar refractivity (Wildman–Crippen MR) is 81.4 cm³/mol. The lowest BCUT2D eigenvalue weighted by atomic mass is 10.2. The summed E-state index contributed by atoms with van der Waals surface area (Å²) in [6, 6.07) is 15.4. The Bertz CT molecular complexity index is 680. The zero-order chi connectivity index (χ0) is 11.7. The van der Waals surface area contributed by atoms with Crippen molar-refractivity contribution in [3.63, 3.8) is 0 Å². The molecule has 19 heavy (non-hydrogen) atoms. The minimum absolute atomic E-state index is 0. The molecule has 1 N–H and O–H groups in total. The first-order valence-corrected chi connectivity index (χ1v) is 5.38. The Morgan fingerprint density at radius 1 is 0.947 bits per heavy atom. The van der Waals surface area contributed by atoms with Gasteiger partial charge in [-0.15, -0.1) is 24.8 Å². The number of halogens is 2. The van der Waals surface area contributed by atoms with E-state index in [1.54, 1.807) is 6.07 Å². The molecule has 1 heterocycles. The summed E-state index contributed by atoms with van der Waals surface area (Å²) in [7, 11) is 0. The van der Waals surface area contributed by atoms with E-state index in [1.807, 2.05) is 42.5 Å². The van der Waals surface area contributed by atoms with Crippen molar-refractivity contribution in [2.75, 3.05) is 0 Å². The fourth-order valence-electron chi connectivity index (χ4n) is 1.88. The number of carbonyl (C=O) groups is 1. The van der Waals surface area contributed by atoms with Gasteiger partial charge in [-0.25, -0.2) is 4.98 Å². The zero-order valence-electron chi connectivity index (χ0n) is 9.87. The van der Waals surface area contributed by atoms with Crippen LogP contribution in [0.3, 0.4) is 0 Å². The number of hydrogen-bond donors (Lipinski definition) is 1. The highest BCUT2D eigenvalue weighted by Crippen LogP contribution is 2.21. The number of para-hydroxylation sites is 1. The highest BCUT2D eigenvalue weighted by Gasteiger charge is 2.07. The van der Waals surface area contributed by atoms with E-state index in [4.69, 9.17) is 0 Å². The zero-order valence-corrected chi connectivity index (χ0v) is 11.5. The second kappa shape index (κ2) is 6.36. The van der Waals surface area contributed by atoms with E-state index in [-0.39, 0.29) is 24.8 Å². The number of hydrogen-bond acceptors (Lipinski definition) is 2. The Balaban J connectivity index is 0.000000902. The van der Waals surface area contributed by atoms with Gasteiger partial charge in [0.15, 0.2) is 6.29 Å². The van der Waals surface area contributed by atoms with E-state index >= 15 is 0 Å². The average molecular weight is 295 g/mol. The minimum atomic E-state index is 0. The fraction of sp³-hybridized carbons (Fsp3) is 0. The molecule has 0 bridgehead atoms. The lowest BCUT2D eigenvalue weighted by molar-refractivity contribution is 0.112. The molecule has 0 atom stereocenters. The van der Waals surface area contributed by atoms with Crippen LogP contribution in [-0.2, 0) is 0 Å². The van der Waals surface area contributed by atoms with Gasteiger partial charge in [0, 0.05) is 11.1 Å². The van der Waals surface area contributed by atoms with Crippen molar-refractivity contribution in [2.24, 2.45) is 0 Å². The van der Waals surface area contributed by atoms with E-state index in [9.17, 15) is 4.79 Å². The van der Waals surface area contributed by atoms with Gasteiger partial charge in [-0.3, -0.25) is 4.79 Å². The van der Waals surface area contributed by atoms with Gasteiger partial charge >= 0.3 is 0 Å². The maximum Gasteiger partial charge on any atom is 0.152 e. The van der Waals surface area contributed by atoms with Crippen LogP contribution >= 0.6 is 24.8 Å². The van der Waals surface area contributed by atoms with Crippen LogP contribution in [0.4, 0.5) is 0 Å². The molecule has 3 rings (SSSR count). The molecule has 0 radical (unpaired) electrons. The van der Waals surface area contributed by atoms with Crippen LogP contribution in [0.15, 0.2) is 48.5 Å². The number of aromatic nitrogens is 2. The largest absolute Gasteiger partial charge is 0.338 e. The molecular formula is C14H12Cl2N2O. The third-order valence-electron chi connectivity index (χ3n) is 2.72. The Morgan fingerprint density at radius 3 is 2.37 bits per heavy atom. The van der Waals surface area contributed by atoms with Crippen LogP contribution in [0.2, 0.25) is 0 Å². The van der Waals surface area contributed by atoms with E-state index in [0.717, 1.165) is 28.7 Å². The van der Waals surface area contributed by atoms with E-state index < -0.39 is 0 Å². The molecule has 0 aliphatic heterocycles. The van der Waals surface area contributed by atoms with Crippen LogP contribution in [-0.4, -0.2) is 16.3 Å². The second-order valence-electron chi connectivity index (χ2n) is 3.81. The average Bonchev–Trinajstić information content (AvgIpc) is 2.83. The number of rotatable bonds is 2. The van der Waals surface area contributed by atoms with Crippen LogP contribution in [0, 0.1) is 0 Å². The third-order valence-corrected chi connectivity index (χ3v) is 2.72. The summed E-state index contributed by atoms with van der Waals surface area (Å²) in [6.07, 6.45) is 0.831.